The van der Waals surface area contributed by atoms with Gasteiger partial charge in [-0.2, -0.15) is 0 Å². The fourth-order valence-corrected chi connectivity index (χ4v) is 2.25. The van der Waals surface area contributed by atoms with Crippen LogP contribution in [0.5, 0.6) is 0 Å². The van der Waals surface area contributed by atoms with E-state index in [1.54, 1.807) is 6.20 Å². The van der Waals surface area contributed by atoms with Crippen LogP contribution in [0.15, 0.2) is 41.0 Å². The summed E-state index contributed by atoms with van der Waals surface area (Å²) in [4.78, 5) is 16.0. The van der Waals surface area contributed by atoms with Gasteiger partial charge in [-0.15, -0.1) is 0 Å². The van der Waals surface area contributed by atoms with E-state index in [9.17, 15) is 4.79 Å². The number of nitrogens with one attached hydrogen (secondary N) is 2. The number of nitrogens with zero attached hydrogens (tertiary/aromatic N) is 1. The standard InChI is InChI=1S/C16H16BrN3O/c1-10-8-12(4-6-14(10)17)19-15-7-5-13(9-18-15)20-16(21)11-2-3-11/h4-9,11H,2-3H2,1H3,(H,18,19)(H,20,21). The van der Waals surface area contributed by atoms with Gasteiger partial charge >= 0.3 is 0 Å². The van der Waals surface area contributed by atoms with Crippen LogP contribution in [0.3, 0.4) is 0 Å². The van der Waals surface area contributed by atoms with E-state index in [4.69, 9.17) is 0 Å². The van der Waals surface area contributed by atoms with Crippen molar-refractivity contribution >= 4 is 39.0 Å². The Labute approximate surface area is 132 Å². The van der Waals surface area contributed by atoms with Crippen LogP contribution >= 0.6 is 15.9 Å². The van der Waals surface area contributed by atoms with E-state index in [2.05, 4.69) is 37.6 Å². The van der Waals surface area contributed by atoms with E-state index in [1.807, 2.05) is 31.2 Å². The molecule has 2 aromatic rings. The first-order chi connectivity index (χ1) is 10.1. The number of hydrogen-bond donors (Lipinski definition) is 2. The van der Waals surface area contributed by atoms with Crippen molar-refractivity contribution in [1.82, 2.24) is 4.98 Å². The number of benzene rings is 1. The SMILES string of the molecule is Cc1cc(Nc2ccc(NC(=O)C3CC3)cn2)ccc1Br. The van der Waals surface area contributed by atoms with E-state index >= 15 is 0 Å². The van der Waals surface area contributed by atoms with Gasteiger partial charge in [0.15, 0.2) is 0 Å². The highest BCUT2D eigenvalue weighted by Crippen LogP contribution is 2.30. The van der Waals surface area contributed by atoms with Crippen LogP contribution in [0.2, 0.25) is 0 Å². The smallest absolute Gasteiger partial charge is 0.227 e. The summed E-state index contributed by atoms with van der Waals surface area (Å²) < 4.78 is 1.08. The lowest BCUT2D eigenvalue weighted by molar-refractivity contribution is -0.117. The third-order valence-electron chi connectivity index (χ3n) is 3.41. The summed E-state index contributed by atoms with van der Waals surface area (Å²) in [7, 11) is 0. The lowest BCUT2D eigenvalue weighted by Crippen LogP contribution is -2.13. The maximum absolute atomic E-state index is 11.7. The van der Waals surface area contributed by atoms with Gasteiger partial charge < -0.3 is 10.6 Å². The molecule has 0 saturated heterocycles. The minimum absolute atomic E-state index is 0.0982. The predicted octanol–water partition coefficient (Wildman–Crippen LogP) is 4.24. The second-order valence-electron chi connectivity index (χ2n) is 5.28. The first-order valence-corrected chi connectivity index (χ1v) is 7.71. The quantitative estimate of drug-likeness (QED) is 0.870. The Morgan fingerprint density at radius 3 is 2.62 bits per heavy atom. The first kappa shape index (κ1) is 14.1. The van der Waals surface area contributed by atoms with Crippen LogP contribution in [-0.2, 0) is 4.79 Å². The highest BCUT2D eigenvalue weighted by atomic mass is 79.9. The molecule has 3 rings (SSSR count). The van der Waals surface area contributed by atoms with Crippen molar-refractivity contribution in [3.8, 4) is 0 Å². The molecule has 1 amide bonds. The first-order valence-electron chi connectivity index (χ1n) is 6.92. The van der Waals surface area contributed by atoms with Crippen molar-refractivity contribution in [1.29, 1.82) is 0 Å². The highest BCUT2D eigenvalue weighted by Gasteiger charge is 2.29. The van der Waals surface area contributed by atoms with E-state index in [-0.39, 0.29) is 11.8 Å². The predicted molar refractivity (Wildman–Crippen MR) is 87.8 cm³/mol. The number of carbonyl (C=O) groups is 1. The molecule has 1 aromatic carbocycles. The number of rotatable bonds is 4. The zero-order chi connectivity index (χ0) is 14.8. The van der Waals surface area contributed by atoms with E-state index < -0.39 is 0 Å². The van der Waals surface area contributed by atoms with Crippen LogP contribution in [0.4, 0.5) is 17.2 Å². The lowest BCUT2D eigenvalue weighted by Gasteiger charge is -2.09. The molecule has 0 radical (unpaired) electrons. The molecule has 1 aliphatic carbocycles. The molecule has 4 nitrogen and oxygen atoms in total. The van der Waals surface area contributed by atoms with E-state index in [0.717, 1.165) is 40.1 Å². The summed E-state index contributed by atoms with van der Waals surface area (Å²) in [6, 6.07) is 9.76. The number of aryl methyl sites for hydroxylation is 1. The van der Waals surface area contributed by atoms with E-state index in [0.29, 0.717) is 0 Å². The van der Waals surface area contributed by atoms with Gasteiger partial charge in [-0.1, -0.05) is 15.9 Å². The van der Waals surface area contributed by atoms with Crippen LogP contribution in [0.25, 0.3) is 0 Å². The number of halogens is 1. The minimum Gasteiger partial charge on any atom is -0.340 e. The third-order valence-corrected chi connectivity index (χ3v) is 4.30. The van der Waals surface area contributed by atoms with Crippen LogP contribution in [-0.4, -0.2) is 10.9 Å². The Balaban J connectivity index is 1.65. The van der Waals surface area contributed by atoms with Crippen molar-refractivity contribution in [3.63, 3.8) is 0 Å². The molecule has 0 atom stereocenters. The summed E-state index contributed by atoms with van der Waals surface area (Å²) in [6.07, 6.45) is 3.68. The molecule has 21 heavy (non-hydrogen) atoms. The zero-order valence-corrected chi connectivity index (χ0v) is 13.3. The third kappa shape index (κ3) is 3.61. The number of aromatic nitrogens is 1. The molecule has 1 aromatic heterocycles. The fraction of sp³-hybridized carbons (Fsp3) is 0.250. The van der Waals surface area contributed by atoms with Crippen molar-refractivity contribution in [2.24, 2.45) is 5.92 Å². The average Bonchev–Trinajstić information content (AvgIpc) is 3.30. The number of anilines is 3. The molecule has 108 valence electrons. The maximum atomic E-state index is 11.7. The van der Waals surface area contributed by atoms with E-state index in [1.165, 1.54) is 0 Å². The van der Waals surface area contributed by atoms with Gasteiger partial charge in [-0.05, 0) is 55.7 Å². The second-order valence-corrected chi connectivity index (χ2v) is 6.14. The van der Waals surface area contributed by atoms with Gasteiger partial charge in [0.05, 0.1) is 11.9 Å². The monoisotopic (exact) mass is 345 g/mol. The Kier molecular flexibility index (Phi) is 3.92. The molecule has 1 fully saturated rings. The van der Waals surface area contributed by atoms with Crippen molar-refractivity contribution in [3.05, 3.63) is 46.6 Å². The average molecular weight is 346 g/mol. The van der Waals surface area contributed by atoms with Gasteiger partial charge in [0.1, 0.15) is 5.82 Å². The highest BCUT2D eigenvalue weighted by molar-refractivity contribution is 9.10. The fourth-order valence-electron chi connectivity index (χ4n) is 2.00. The molecule has 1 heterocycles. The molecule has 2 N–H and O–H groups in total. The van der Waals surface area contributed by atoms with Crippen molar-refractivity contribution in [2.45, 2.75) is 19.8 Å². The number of carbonyl (C=O) groups excluding carboxylic acids is 1. The molecule has 0 aliphatic heterocycles. The van der Waals surface area contributed by atoms with Gasteiger partial charge in [-0.3, -0.25) is 4.79 Å². The Morgan fingerprint density at radius 2 is 2.00 bits per heavy atom. The minimum atomic E-state index is 0.0982. The van der Waals surface area contributed by atoms with Crippen molar-refractivity contribution < 1.29 is 4.79 Å². The molecule has 0 spiro atoms. The summed E-state index contributed by atoms with van der Waals surface area (Å²) in [5.74, 6) is 1.05. The van der Waals surface area contributed by atoms with Crippen LogP contribution in [0, 0.1) is 12.8 Å². The molecule has 1 saturated carbocycles. The Bertz CT molecular complexity index is 666. The largest absolute Gasteiger partial charge is 0.340 e. The topological polar surface area (TPSA) is 54.0 Å². The normalized spacial score (nSPS) is 13.8. The molecular weight excluding hydrogens is 330 g/mol. The Morgan fingerprint density at radius 1 is 1.24 bits per heavy atom. The summed E-state index contributed by atoms with van der Waals surface area (Å²) in [5.41, 5.74) is 2.88. The summed E-state index contributed by atoms with van der Waals surface area (Å²) in [5, 5.41) is 6.12. The summed E-state index contributed by atoms with van der Waals surface area (Å²) >= 11 is 3.48. The van der Waals surface area contributed by atoms with Crippen molar-refractivity contribution in [2.75, 3.05) is 10.6 Å². The molecule has 0 bridgehead atoms. The lowest BCUT2D eigenvalue weighted by atomic mass is 10.2. The molecule has 0 unspecified atom stereocenters. The number of amides is 1. The second kappa shape index (κ2) is 5.85. The zero-order valence-electron chi connectivity index (χ0n) is 11.7. The van der Waals surface area contributed by atoms with Crippen LogP contribution in [0.1, 0.15) is 18.4 Å². The maximum Gasteiger partial charge on any atom is 0.227 e. The Hall–Kier alpha value is -1.88. The van der Waals surface area contributed by atoms with Crippen LogP contribution < -0.4 is 10.6 Å². The molecule has 5 heteroatoms. The molecule has 1 aliphatic rings. The summed E-state index contributed by atoms with van der Waals surface area (Å²) in [6.45, 7) is 2.04. The van der Waals surface area contributed by atoms with Gasteiger partial charge in [0.2, 0.25) is 5.91 Å². The number of hydrogen-bond acceptors (Lipinski definition) is 3. The van der Waals surface area contributed by atoms with Gasteiger partial charge in [0, 0.05) is 16.1 Å². The molecular formula is C16H16BrN3O. The van der Waals surface area contributed by atoms with Gasteiger partial charge in [0.25, 0.3) is 0 Å². The van der Waals surface area contributed by atoms with Gasteiger partial charge in [-0.25, -0.2) is 4.98 Å². The number of pyridine rings is 1.